The van der Waals surface area contributed by atoms with Gasteiger partial charge in [0.2, 0.25) is 0 Å². The molecule has 0 aliphatic carbocycles. The van der Waals surface area contributed by atoms with Crippen molar-refractivity contribution in [3.05, 3.63) is 77.8 Å². The van der Waals surface area contributed by atoms with Gasteiger partial charge in [-0.3, -0.25) is 29.8 Å². The Kier molecular flexibility index (Phi) is 6.65. The van der Waals surface area contributed by atoms with E-state index in [0.29, 0.717) is 0 Å². The van der Waals surface area contributed by atoms with Crippen molar-refractivity contribution in [2.75, 3.05) is 13.1 Å². The van der Waals surface area contributed by atoms with Gasteiger partial charge in [-0.2, -0.15) is 0 Å². The van der Waals surface area contributed by atoms with E-state index in [1.807, 2.05) is 0 Å². The largest absolute Gasteiger partial charge is 0.332 e. The quantitative estimate of drug-likeness (QED) is 0.476. The molecule has 1 heterocycles. The van der Waals surface area contributed by atoms with Crippen molar-refractivity contribution in [3.8, 4) is 0 Å². The number of nitrogens with zero attached hydrogens (tertiary/aromatic N) is 4. The molecule has 0 saturated carbocycles. The number of hydrogen-bond acceptors (Lipinski definition) is 6. The van der Waals surface area contributed by atoms with Crippen LogP contribution in [-0.4, -0.2) is 56.6 Å². The molecule has 2 aromatic carbocycles. The molecule has 2 unspecified atom stereocenters. The lowest BCUT2D eigenvalue weighted by Crippen LogP contribution is -2.59. The number of carbonyl (C=O) groups excluding carboxylic acids is 2. The first-order valence-electron chi connectivity index (χ1n) is 9.51. The average Bonchev–Trinajstić information content (AvgIpc) is 2.74. The highest BCUT2D eigenvalue weighted by Crippen LogP contribution is 2.28. The Morgan fingerprint density at radius 3 is 1.47 bits per heavy atom. The number of carbonyl (C=O) groups is 2. The number of halogens is 2. The van der Waals surface area contributed by atoms with E-state index in [-0.39, 0.29) is 45.6 Å². The lowest BCUT2D eigenvalue weighted by atomic mass is 10.0. The fraction of sp³-hybridized carbons (Fsp3) is 0.300. The molecule has 1 saturated heterocycles. The summed E-state index contributed by atoms with van der Waals surface area (Å²) in [4.78, 5) is 50.1. The third kappa shape index (κ3) is 4.51. The van der Waals surface area contributed by atoms with E-state index in [1.54, 1.807) is 13.8 Å². The normalized spacial score (nSPS) is 18.4. The molecule has 0 bridgehead atoms. The Bertz CT molecular complexity index is 1040. The molecule has 10 nitrogen and oxygen atoms in total. The first-order valence-corrected chi connectivity index (χ1v) is 10.3. The van der Waals surface area contributed by atoms with Gasteiger partial charge in [0.1, 0.15) is 0 Å². The summed E-state index contributed by atoms with van der Waals surface area (Å²) in [5, 5.41) is 22.3. The highest BCUT2D eigenvalue weighted by atomic mass is 35.5. The molecule has 3 rings (SSSR count). The smallest absolute Gasteiger partial charge is 0.270 e. The maximum absolute atomic E-state index is 13.1. The minimum Gasteiger partial charge on any atom is -0.332 e. The first kappa shape index (κ1) is 23.4. The van der Waals surface area contributed by atoms with Gasteiger partial charge in [-0.25, -0.2) is 0 Å². The SMILES string of the molecule is CC1CN(C(=O)c2cc([N+](=O)[O-])ccc2Cl)C(C)CN1C(=O)c1cc([N+](=O)[O-])ccc1Cl. The Morgan fingerprint density at radius 1 is 0.812 bits per heavy atom. The topological polar surface area (TPSA) is 127 Å². The molecule has 0 radical (unpaired) electrons. The molecule has 12 heteroatoms. The molecule has 168 valence electrons. The average molecular weight is 481 g/mol. The van der Waals surface area contributed by atoms with Gasteiger partial charge in [0.25, 0.3) is 23.2 Å². The van der Waals surface area contributed by atoms with Crippen molar-refractivity contribution in [2.24, 2.45) is 0 Å². The Hall–Kier alpha value is -3.24. The molecule has 1 aliphatic heterocycles. The zero-order chi connectivity index (χ0) is 23.7. The minimum atomic E-state index is -0.613. The maximum atomic E-state index is 13.1. The molecule has 0 N–H and O–H groups in total. The van der Waals surface area contributed by atoms with E-state index < -0.39 is 33.7 Å². The van der Waals surface area contributed by atoms with Gasteiger partial charge in [-0.05, 0) is 26.0 Å². The maximum Gasteiger partial charge on any atom is 0.270 e. The van der Waals surface area contributed by atoms with Gasteiger partial charge in [0.15, 0.2) is 0 Å². The van der Waals surface area contributed by atoms with Gasteiger partial charge in [-0.1, -0.05) is 23.2 Å². The number of nitro benzene ring substituents is 2. The summed E-state index contributed by atoms with van der Waals surface area (Å²) < 4.78 is 0. The summed E-state index contributed by atoms with van der Waals surface area (Å²) in [6, 6.07) is 6.38. The van der Waals surface area contributed by atoms with Gasteiger partial charge in [-0.15, -0.1) is 0 Å². The summed E-state index contributed by atoms with van der Waals surface area (Å²) in [6.07, 6.45) is 0. The lowest BCUT2D eigenvalue weighted by molar-refractivity contribution is -0.385. The predicted molar refractivity (Wildman–Crippen MR) is 117 cm³/mol. The molecule has 0 spiro atoms. The Morgan fingerprint density at radius 2 is 1.16 bits per heavy atom. The number of benzene rings is 2. The standard InChI is InChI=1S/C20H18Cl2N4O6/c1-11-9-24(20(28)16-8-14(26(31)32)4-6-18(16)22)12(2)10-23(11)19(27)15-7-13(25(29)30)3-5-17(15)21/h3-8,11-12H,9-10H2,1-2H3. The Balaban J connectivity index is 1.85. The molecule has 2 amide bonds. The third-order valence-corrected chi connectivity index (χ3v) is 5.95. The number of hydrogen-bond donors (Lipinski definition) is 0. The zero-order valence-corrected chi connectivity index (χ0v) is 18.5. The third-order valence-electron chi connectivity index (χ3n) is 5.29. The molecule has 2 aromatic rings. The zero-order valence-electron chi connectivity index (χ0n) is 17.0. The molecule has 1 fully saturated rings. The first-order chi connectivity index (χ1) is 15.0. The van der Waals surface area contributed by atoms with Crippen LogP contribution in [0.5, 0.6) is 0 Å². The van der Waals surface area contributed by atoms with Crippen molar-refractivity contribution in [1.82, 2.24) is 9.80 Å². The van der Waals surface area contributed by atoms with Crippen LogP contribution >= 0.6 is 23.2 Å². The molecular weight excluding hydrogens is 463 g/mol. The fourth-order valence-electron chi connectivity index (χ4n) is 3.58. The number of amides is 2. The molecule has 32 heavy (non-hydrogen) atoms. The predicted octanol–water partition coefficient (Wildman–Crippen LogP) is 4.19. The van der Waals surface area contributed by atoms with Gasteiger partial charge >= 0.3 is 0 Å². The van der Waals surface area contributed by atoms with Gasteiger partial charge in [0.05, 0.1) is 31.0 Å². The summed E-state index contributed by atoms with van der Waals surface area (Å²) in [5.41, 5.74) is -0.511. The van der Waals surface area contributed by atoms with Crippen LogP contribution in [0.2, 0.25) is 10.0 Å². The van der Waals surface area contributed by atoms with E-state index in [1.165, 1.54) is 34.1 Å². The van der Waals surface area contributed by atoms with Crippen LogP contribution in [0.25, 0.3) is 0 Å². The van der Waals surface area contributed by atoms with Crippen molar-refractivity contribution >= 4 is 46.4 Å². The van der Waals surface area contributed by atoms with E-state index in [9.17, 15) is 29.8 Å². The van der Waals surface area contributed by atoms with Crippen LogP contribution in [-0.2, 0) is 0 Å². The van der Waals surface area contributed by atoms with Crippen LogP contribution in [0.3, 0.4) is 0 Å². The van der Waals surface area contributed by atoms with E-state index in [0.717, 1.165) is 12.1 Å². The fourth-order valence-corrected chi connectivity index (χ4v) is 3.98. The minimum absolute atomic E-state index is 0.00132. The summed E-state index contributed by atoms with van der Waals surface area (Å²) in [7, 11) is 0. The number of piperazine rings is 1. The van der Waals surface area contributed by atoms with Crippen molar-refractivity contribution in [1.29, 1.82) is 0 Å². The molecular formula is C20H18Cl2N4O6. The van der Waals surface area contributed by atoms with Crippen LogP contribution in [0.15, 0.2) is 36.4 Å². The number of non-ortho nitro benzene ring substituents is 2. The van der Waals surface area contributed by atoms with Crippen LogP contribution in [0, 0.1) is 20.2 Å². The van der Waals surface area contributed by atoms with Crippen LogP contribution in [0.4, 0.5) is 11.4 Å². The van der Waals surface area contributed by atoms with Crippen molar-refractivity contribution in [3.63, 3.8) is 0 Å². The molecule has 0 aromatic heterocycles. The summed E-state index contributed by atoms with van der Waals surface area (Å²) >= 11 is 12.2. The molecule has 1 aliphatic rings. The van der Waals surface area contributed by atoms with E-state index >= 15 is 0 Å². The van der Waals surface area contributed by atoms with E-state index in [4.69, 9.17) is 23.2 Å². The monoisotopic (exact) mass is 480 g/mol. The van der Waals surface area contributed by atoms with Gasteiger partial charge < -0.3 is 9.80 Å². The van der Waals surface area contributed by atoms with Crippen LogP contribution < -0.4 is 0 Å². The van der Waals surface area contributed by atoms with Crippen LogP contribution in [0.1, 0.15) is 34.6 Å². The highest BCUT2D eigenvalue weighted by molar-refractivity contribution is 6.34. The van der Waals surface area contributed by atoms with Gasteiger partial charge in [0, 0.05) is 49.4 Å². The summed E-state index contributed by atoms with van der Waals surface area (Å²) in [6.45, 7) is 3.73. The van der Waals surface area contributed by atoms with Crippen molar-refractivity contribution in [2.45, 2.75) is 25.9 Å². The highest BCUT2D eigenvalue weighted by Gasteiger charge is 2.36. The molecule has 2 atom stereocenters. The van der Waals surface area contributed by atoms with E-state index in [2.05, 4.69) is 0 Å². The lowest BCUT2D eigenvalue weighted by Gasteiger charge is -2.44. The second-order valence-electron chi connectivity index (χ2n) is 7.46. The second-order valence-corrected chi connectivity index (χ2v) is 8.27. The number of nitro groups is 2. The Labute approximate surface area is 192 Å². The second kappa shape index (κ2) is 9.09. The summed E-state index contributed by atoms with van der Waals surface area (Å²) in [5.74, 6) is -0.975. The van der Waals surface area contributed by atoms with Crippen molar-refractivity contribution < 1.29 is 19.4 Å². The number of rotatable bonds is 4.